The Balaban J connectivity index is 4.66. The van der Waals surface area contributed by atoms with Crippen molar-refractivity contribution >= 4 is 5.97 Å². The Morgan fingerprint density at radius 2 is 1.93 bits per heavy atom. The Morgan fingerprint density at radius 1 is 1.36 bits per heavy atom. The molecule has 0 rings (SSSR count). The van der Waals surface area contributed by atoms with Crippen LogP contribution in [0.4, 0.5) is 0 Å². The Labute approximate surface area is 86.7 Å². The number of hydrogen-bond donors (Lipinski definition) is 2. The van der Waals surface area contributed by atoms with E-state index < -0.39 is 11.5 Å². The highest BCUT2D eigenvalue weighted by molar-refractivity contribution is 5.78. The van der Waals surface area contributed by atoms with Gasteiger partial charge in [0.2, 0.25) is 0 Å². The van der Waals surface area contributed by atoms with Gasteiger partial charge in [-0.25, -0.2) is 0 Å². The van der Waals surface area contributed by atoms with Gasteiger partial charge in [0.05, 0.1) is 0 Å². The van der Waals surface area contributed by atoms with Crippen LogP contribution in [0.1, 0.15) is 52.9 Å². The molecule has 3 heteroatoms. The van der Waals surface area contributed by atoms with E-state index in [4.69, 9.17) is 10.8 Å². The summed E-state index contributed by atoms with van der Waals surface area (Å²) >= 11 is 0. The van der Waals surface area contributed by atoms with Gasteiger partial charge in [-0.3, -0.25) is 4.79 Å². The monoisotopic (exact) mass is 201 g/mol. The van der Waals surface area contributed by atoms with E-state index in [0.717, 1.165) is 25.7 Å². The predicted octanol–water partition coefficient (Wildman–Crippen LogP) is 2.39. The molecule has 0 amide bonds. The molecular weight excluding hydrogens is 178 g/mol. The minimum Gasteiger partial charge on any atom is -0.480 e. The summed E-state index contributed by atoms with van der Waals surface area (Å²) in [5.41, 5.74) is 4.98. The first kappa shape index (κ1) is 13.4. The first-order valence-corrected chi connectivity index (χ1v) is 5.55. The van der Waals surface area contributed by atoms with Crippen molar-refractivity contribution in [3.63, 3.8) is 0 Å². The second kappa shape index (κ2) is 6.02. The van der Waals surface area contributed by atoms with Gasteiger partial charge in [0, 0.05) is 0 Å². The molecule has 0 bridgehead atoms. The van der Waals surface area contributed by atoms with E-state index in [1.54, 1.807) is 0 Å². The van der Waals surface area contributed by atoms with Gasteiger partial charge >= 0.3 is 5.97 Å². The molecule has 0 aromatic carbocycles. The zero-order valence-electron chi connectivity index (χ0n) is 9.55. The maximum Gasteiger partial charge on any atom is 0.323 e. The Hall–Kier alpha value is -0.570. The van der Waals surface area contributed by atoms with E-state index in [9.17, 15) is 4.79 Å². The van der Waals surface area contributed by atoms with Crippen molar-refractivity contribution in [1.29, 1.82) is 0 Å². The maximum atomic E-state index is 11.2. The predicted molar refractivity (Wildman–Crippen MR) is 58.2 cm³/mol. The lowest BCUT2D eigenvalue weighted by Gasteiger charge is -2.32. The van der Waals surface area contributed by atoms with Crippen molar-refractivity contribution in [2.75, 3.05) is 0 Å². The average Bonchev–Trinajstić information content (AvgIpc) is 2.14. The summed E-state index contributed by atoms with van der Waals surface area (Å²) in [7, 11) is 0. The normalized spacial score (nSPS) is 17.4. The van der Waals surface area contributed by atoms with E-state index in [-0.39, 0.29) is 5.92 Å². The van der Waals surface area contributed by atoms with Gasteiger partial charge in [0.25, 0.3) is 0 Å². The van der Waals surface area contributed by atoms with E-state index in [1.807, 2.05) is 13.8 Å². The molecule has 0 heterocycles. The molecule has 0 aromatic heterocycles. The number of rotatable bonds is 7. The Morgan fingerprint density at radius 3 is 2.21 bits per heavy atom. The minimum atomic E-state index is -1.01. The topological polar surface area (TPSA) is 63.3 Å². The first-order chi connectivity index (χ1) is 6.52. The lowest BCUT2D eigenvalue weighted by molar-refractivity contribution is -0.146. The number of carboxylic acid groups (broad SMARTS) is 1. The SMILES string of the molecule is CCCC(CC)[C@](N)(CCC)C(=O)O. The van der Waals surface area contributed by atoms with Crippen LogP contribution in [0.15, 0.2) is 0 Å². The van der Waals surface area contributed by atoms with Crippen molar-refractivity contribution in [2.45, 2.75) is 58.4 Å². The fourth-order valence-electron chi connectivity index (χ4n) is 2.07. The Bertz CT molecular complexity index is 182. The largest absolute Gasteiger partial charge is 0.480 e. The first-order valence-electron chi connectivity index (χ1n) is 5.55. The fourth-order valence-corrected chi connectivity index (χ4v) is 2.07. The van der Waals surface area contributed by atoms with Crippen molar-refractivity contribution < 1.29 is 9.90 Å². The van der Waals surface area contributed by atoms with Gasteiger partial charge in [-0.2, -0.15) is 0 Å². The van der Waals surface area contributed by atoms with Gasteiger partial charge in [-0.15, -0.1) is 0 Å². The van der Waals surface area contributed by atoms with Crippen molar-refractivity contribution in [2.24, 2.45) is 11.7 Å². The third-order valence-corrected chi connectivity index (χ3v) is 2.92. The van der Waals surface area contributed by atoms with Gasteiger partial charge in [-0.1, -0.05) is 40.0 Å². The molecule has 0 radical (unpaired) electrons. The molecule has 2 atom stereocenters. The lowest BCUT2D eigenvalue weighted by atomic mass is 9.77. The molecule has 0 aromatic rings. The molecule has 1 unspecified atom stereocenters. The molecule has 84 valence electrons. The van der Waals surface area contributed by atoms with Crippen LogP contribution in [0, 0.1) is 5.92 Å². The van der Waals surface area contributed by atoms with E-state index in [2.05, 4.69) is 6.92 Å². The van der Waals surface area contributed by atoms with Gasteiger partial charge in [0.15, 0.2) is 0 Å². The summed E-state index contributed by atoms with van der Waals surface area (Å²) in [4.78, 5) is 11.2. The highest BCUT2D eigenvalue weighted by atomic mass is 16.4. The summed E-state index contributed by atoms with van der Waals surface area (Å²) in [6.45, 7) is 6.06. The highest BCUT2D eigenvalue weighted by Crippen LogP contribution is 2.27. The minimum absolute atomic E-state index is 0.102. The van der Waals surface area contributed by atoms with Gasteiger partial charge < -0.3 is 10.8 Å². The number of aliphatic carboxylic acids is 1. The smallest absolute Gasteiger partial charge is 0.323 e. The van der Waals surface area contributed by atoms with Crippen LogP contribution < -0.4 is 5.73 Å². The highest BCUT2D eigenvalue weighted by Gasteiger charge is 2.39. The van der Waals surface area contributed by atoms with Crippen molar-refractivity contribution in [3.8, 4) is 0 Å². The van der Waals surface area contributed by atoms with Crippen LogP contribution in [-0.4, -0.2) is 16.6 Å². The van der Waals surface area contributed by atoms with Crippen LogP contribution >= 0.6 is 0 Å². The summed E-state index contributed by atoms with van der Waals surface area (Å²) < 4.78 is 0. The molecule has 0 aliphatic rings. The van der Waals surface area contributed by atoms with E-state index >= 15 is 0 Å². The lowest BCUT2D eigenvalue weighted by Crippen LogP contribution is -2.53. The van der Waals surface area contributed by atoms with Crippen LogP contribution in [0.25, 0.3) is 0 Å². The summed E-state index contributed by atoms with van der Waals surface area (Å²) in [6.07, 6.45) is 4.13. The second-order valence-corrected chi connectivity index (χ2v) is 3.99. The molecule has 0 saturated heterocycles. The molecule has 0 aliphatic heterocycles. The Kier molecular flexibility index (Phi) is 5.77. The molecular formula is C11H23NO2. The van der Waals surface area contributed by atoms with Crippen LogP contribution in [0.3, 0.4) is 0 Å². The summed E-state index contributed by atoms with van der Waals surface area (Å²) in [5.74, 6) is -0.746. The maximum absolute atomic E-state index is 11.2. The molecule has 0 fully saturated rings. The van der Waals surface area contributed by atoms with Crippen molar-refractivity contribution in [3.05, 3.63) is 0 Å². The van der Waals surface area contributed by atoms with Gasteiger partial charge in [-0.05, 0) is 18.8 Å². The van der Waals surface area contributed by atoms with Crippen LogP contribution in [0.5, 0.6) is 0 Å². The zero-order chi connectivity index (χ0) is 11.2. The molecule has 3 nitrogen and oxygen atoms in total. The molecule has 3 N–H and O–H groups in total. The molecule has 0 saturated carbocycles. The quantitative estimate of drug-likeness (QED) is 0.664. The van der Waals surface area contributed by atoms with Gasteiger partial charge in [0.1, 0.15) is 5.54 Å². The van der Waals surface area contributed by atoms with Crippen LogP contribution in [-0.2, 0) is 4.79 Å². The second-order valence-electron chi connectivity index (χ2n) is 3.99. The molecule has 0 spiro atoms. The van der Waals surface area contributed by atoms with E-state index in [0.29, 0.717) is 6.42 Å². The number of carboxylic acids is 1. The average molecular weight is 201 g/mol. The number of nitrogens with two attached hydrogens (primary N) is 1. The summed E-state index contributed by atoms with van der Waals surface area (Å²) in [6, 6.07) is 0. The number of carbonyl (C=O) groups is 1. The summed E-state index contributed by atoms with van der Waals surface area (Å²) in [5, 5.41) is 9.17. The fraction of sp³-hybridized carbons (Fsp3) is 0.909. The molecule has 14 heavy (non-hydrogen) atoms. The third-order valence-electron chi connectivity index (χ3n) is 2.92. The molecule has 0 aliphatic carbocycles. The standard InChI is InChI=1S/C11H23NO2/c1-4-7-9(6-3)11(12,8-5-2)10(13)14/h9H,4-8,12H2,1-3H3,(H,13,14)/t9?,11-/m1/s1. The third kappa shape index (κ3) is 2.98. The van der Waals surface area contributed by atoms with Crippen molar-refractivity contribution in [1.82, 2.24) is 0 Å². The number of hydrogen-bond acceptors (Lipinski definition) is 2. The van der Waals surface area contributed by atoms with E-state index in [1.165, 1.54) is 0 Å². The van der Waals surface area contributed by atoms with Crippen LogP contribution in [0.2, 0.25) is 0 Å². The zero-order valence-corrected chi connectivity index (χ0v) is 9.55.